The molecule has 190 valence electrons. The van der Waals surface area contributed by atoms with Crippen molar-refractivity contribution >= 4 is 27.6 Å². The van der Waals surface area contributed by atoms with Crippen molar-refractivity contribution in [3.05, 3.63) is 70.9 Å². The first-order valence-corrected chi connectivity index (χ1v) is 12.9. The third-order valence-electron chi connectivity index (χ3n) is 5.28. The molecular weight excluding hydrogens is 508 g/mol. The summed E-state index contributed by atoms with van der Waals surface area (Å²) in [4.78, 5) is 0. The Labute approximate surface area is 213 Å². The number of halogens is 1. The number of hydrogen-bond donors (Lipinski definition) is 1. The zero-order valence-corrected chi connectivity index (χ0v) is 21.5. The van der Waals surface area contributed by atoms with Crippen molar-refractivity contribution in [3.8, 4) is 28.8 Å². The Bertz CT molecular complexity index is 1410. The first-order chi connectivity index (χ1) is 17.3. The van der Waals surface area contributed by atoms with Crippen LogP contribution in [0.4, 0.5) is 5.95 Å². The van der Waals surface area contributed by atoms with Crippen LogP contribution in [0.15, 0.2) is 59.0 Å². The smallest absolute Gasteiger partial charge is 0.243 e. The lowest BCUT2D eigenvalue weighted by Gasteiger charge is -2.17. The molecule has 12 heteroatoms. The van der Waals surface area contributed by atoms with Gasteiger partial charge in [0.15, 0.2) is 5.76 Å². The lowest BCUT2D eigenvalue weighted by molar-refractivity contribution is 0.165. The Kier molecular flexibility index (Phi) is 7.82. The van der Waals surface area contributed by atoms with Gasteiger partial charge in [0.2, 0.25) is 21.8 Å². The van der Waals surface area contributed by atoms with Gasteiger partial charge >= 0.3 is 0 Å². The summed E-state index contributed by atoms with van der Waals surface area (Å²) in [5, 5.41) is 8.94. The van der Waals surface area contributed by atoms with E-state index < -0.39 is 10.0 Å². The van der Waals surface area contributed by atoms with Gasteiger partial charge in [0.25, 0.3) is 0 Å². The number of aryl methyl sites for hydroxylation is 1. The lowest BCUT2D eigenvalue weighted by atomic mass is 10.2. The van der Waals surface area contributed by atoms with Crippen molar-refractivity contribution in [1.82, 2.24) is 14.8 Å². The first-order valence-electron chi connectivity index (χ1n) is 10.8. The van der Waals surface area contributed by atoms with E-state index in [1.807, 2.05) is 0 Å². The molecule has 0 fully saturated rings. The molecule has 0 spiro atoms. The summed E-state index contributed by atoms with van der Waals surface area (Å²) < 4.78 is 52.2. The van der Waals surface area contributed by atoms with Crippen LogP contribution >= 0.6 is 11.6 Å². The second kappa shape index (κ2) is 11.0. The number of nitrogens with one attached hydrogen (secondary N) is 1. The molecule has 0 radical (unpaired) electrons. The summed E-state index contributed by atoms with van der Waals surface area (Å²) in [6.45, 7) is 0.260. The molecular formula is C24H25ClN4O6S. The molecule has 0 unspecified atom stereocenters. The highest BCUT2D eigenvalue weighted by Crippen LogP contribution is 2.38. The van der Waals surface area contributed by atoms with Crippen LogP contribution in [0.5, 0.6) is 11.5 Å². The van der Waals surface area contributed by atoms with Gasteiger partial charge in [-0.2, -0.15) is 0 Å². The van der Waals surface area contributed by atoms with Gasteiger partial charge < -0.3 is 18.6 Å². The summed E-state index contributed by atoms with van der Waals surface area (Å²) >= 11 is 5.92. The molecule has 0 aliphatic carbocycles. The van der Waals surface area contributed by atoms with Crippen LogP contribution in [0.25, 0.3) is 17.3 Å². The quantitative estimate of drug-likeness (QED) is 0.303. The number of rotatable bonds is 11. The van der Waals surface area contributed by atoms with Gasteiger partial charge in [-0.15, -0.1) is 10.2 Å². The summed E-state index contributed by atoms with van der Waals surface area (Å²) in [6.07, 6.45) is 0.282. The van der Waals surface area contributed by atoms with Crippen LogP contribution in [-0.2, 0) is 27.8 Å². The highest BCUT2D eigenvalue weighted by Gasteiger charge is 2.26. The van der Waals surface area contributed by atoms with Gasteiger partial charge in [-0.25, -0.2) is 8.42 Å². The highest BCUT2D eigenvalue weighted by molar-refractivity contribution is 7.92. The fourth-order valence-electron chi connectivity index (χ4n) is 3.59. The molecule has 0 amide bonds. The molecule has 2 aromatic heterocycles. The third kappa shape index (κ3) is 5.64. The van der Waals surface area contributed by atoms with Gasteiger partial charge in [0.05, 0.1) is 20.0 Å². The van der Waals surface area contributed by atoms with Crippen molar-refractivity contribution in [3.63, 3.8) is 0 Å². The van der Waals surface area contributed by atoms with Crippen molar-refractivity contribution in [1.29, 1.82) is 0 Å². The molecule has 0 aliphatic rings. The third-order valence-corrected chi connectivity index (χ3v) is 6.76. The van der Waals surface area contributed by atoms with Gasteiger partial charge in [0, 0.05) is 12.1 Å². The minimum Gasteiger partial charge on any atom is -0.494 e. The molecule has 0 aliphatic heterocycles. The topological polar surface area (TPSA) is 118 Å². The average molecular weight is 533 g/mol. The molecule has 0 bridgehead atoms. The molecule has 0 saturated heterocycles. The first kappa shape index (κ1) is 25.5. The molecule has 36 heavy (non-hydrogen) atoms. The number of ether oxygens (including phenoxy) is 3. The fourth-order valence-corrected chi connectivity index (χ4v) is 4.73. The van der Waals surface area contributed by atoms with Crippen LogP contribution in [0.1, 0.15) is 11.3 Å². The lowest BCUT2D eigenvalue weighted by Crippen LogP contribution is -2.21. The maximum Gasteiger partial charge on any atom is 0.243 e. The highest BCUT2D eigenvalue weighted by atomic mass is 35.5. The minimum atomic E-state index is -3.82. The van der Waals surface area contributed by atoms with E-state index in [1.165, 1.54) is 18.8 Å². The number of aromatic nitrogens is 3. The van der Waals surface area contributed by atoms with E-state index in [4.69, 9.17) is 30.2 Å². The second-order valence-corrected chi connectivity index (χ2v) is 9.97. The standard InChI is InChI=1S/C24H25ClN4O6S/c1-32-15-18-11-12-21(35-18)23-26-27-24(29(23)22-19(33-2)5-4-6-20(22)34-3)28-36(30,31)14-13-16-7-9-17(25)10-8-16/h4-12H,13-15H2,1-3H3,(H,27,28). The van der Waals surface area contributed by atoms with E-state index in [0.29, 0.717) is 33.7 Å². The van der Waals surface area contributed by atoms with E-state index >= 15 is 0 Å². The number of para-hydroxylation sites is 1. The number of furan rings is 1. The average Bonchev–Trinajstić information content (AvgIpc) is 3.50. The van der Waals surface area contributed by atoms with Crippen molar-refractivity contribution in [2.24, 2.45) is 0 Å². The van der Waals surface area contributed by atoms with Crippen LogP contribution in [0.3, 0.4) is 0 Å². The Morgan fingerprint density at radius 1 is 0.972 bits per heavy atom. The molecule has 10 nitrogen and oxygen atoms in total. The Morgan fingerprint density at radius 2 is 1.67 bits per heavy atom. The number of anilines is 1. The monoisotopic (exact) mass is 532 g/mol. The van der Waals surface area contributed by atoms with Crippen molar-refractivity contribution in [2.45, 2.75) is 13.0 Å². The number of methoxy groups -OCH3 is 3. The fraction of sp³-hybridized carbons (Fsp3) is 0.250. The molecule has 2 heterocycles. The summed E-state index contributed by atoms with van der Waals surface area (Å²) in [5.41, 5.74) is 1.24. The second-order valence-electron chi connectivity index (χ2n) is 7.69. The molecule has 4 aromatic rings. The predicted octanol–water partition coefficient (Wildman–Crippen LogP) is 4.33. The molecule has 0 saturated carbocycles. The van der Waals surface area contributed by atoms with E-state index in [0.717, 1.165) is 5.56 Å². The van der Waals surface area contributed by atoms with Gasteiger partial charge in [-0.1, -0.05) is 29.8 Å². The van der Waals surface area contributed by atoms with Crippen molar-refractivity contribution in [2.75, 3.05) is 31.8 Å². The molecule has 1 N–H and O–H groups in total. The van der Waals surface area contributed by atoms with Crippen LogP contribution in [0, 0.1) is 0 Å². The molecule has 2 aromatic carbocycles. The maximum absolute atomic E-state index is 13.0. The van der Waals surface area contributed by atoms with Crippen LogP contribution < -0.4 is 14.2 Å². The predicted molar refractivity (Wildman–Crippen MR) is 135 cm³/mol. The zero-order valence-electron chi connectivity index (χ0n) is 19.9. The number of sulfonamides is 1. The van der Waals surface area contributed by atoms with E-state index in [9.17, 15) is 8.42 Å². The van der Waals surface area contributed by atoms with Crippen LogP contribution in [-0.4, -0.2) is 50.3 Å². The molecule has 4 rings (SSSR count). The zero-order chi connectivity index (χ0) is 25.7. The van der Waals surface area contributed by atoms with E-state index in [1.54, 1.807) is 61.7 Å². The van der Waals surface area contributed by atoms with Gasteiger partial charge in [-0.3, -0.25) is 9.29 Å². The van der Waals surface area contributed by atoms with E-state index in [-0.39, 0.29) is 30.6 Å². The Balaban J connectivity index is 1.75. The van der Waals surface area contributed by atoms with Crippen LogP contribution in [0.2, 0.25) is 5.02 Å². The summed E-state index contributed by atoms with van der Waals surface area (Å²) in [6, 6.07) is 15.6. The Morgan fingerprint density at radius 3 is 2.31 bits per heavy atom. The minimum absolute atomic E-state index is 0.0476. The van der Waals surface area contributed by atoms with E-state index in [2.05, 4.69) is 14.9 Å². The number of hydrogen-bond acceptors (Lipinski definition) is 8. The number of nitrogens with zero attached hydrogens (tertiary/aromatic N) is 3. The summed E-state index contributed by atoms with van der Waals surface area (Å²) in [5.74, 6) is 1.78. The molecule has 0 atom stereocenters. The maximum atomic E-state index is 13.0. The normalized spacial score (nSPS) is 11.4. The van der Waals surface area contributed by atoms with Gasteiger partial charge in [0.1, 0.15) is 29.6 Å². The van der Waals surface area contributed by atoms with Crippen molar-refractivity contribution < 1.29 is 27.0 Å². The van der Waals surface area contributed by atoms with Gasteiger partial charge in [-0.05, 0) is 48.4 Å². The Hall–Kier alpha value is -3.54. The number of benzene rings is 2. The SMILES string of the molecule is COCc1ccc(-c2nnc(NS(=O)(=O)CCc3ccc(Cl)cc3)n2-c2c(OC)cccc2OC)o1. The largest absolute Gasteiger partial charge is 0.494 e. The summed E-state index contributed by atoms with van der Waals surface area (Å²) in [7, 11) is 0.737.